The summed E-state index contributed by atoms with van der Waals surface area (Å²) in [7, 11) is -1.60. The second-order valence-electron chi connectivity index (χ2n) is 4.20. The van der Waals surface area contributed by atoms with E-state index in [0.717, 1.165) is 25.3 Å². The maximum absolute atomic E-state index is 12.0. The van der Waals surface area contributed by atoms with Crippen LogP contribution in [0, 0.1) is 0 Å². The van der Waals surface area contributed by atoms with Gasteiger partial charge in [0, 0.05) is 25.8 Å². The average Bonchev–Trinajstić information content (AvgIpc) is 2.43. The molecule has 1 rings (SSSR count). The summed E-state index contributed by atoms with van der Waals surface area (Å²) >= 11 is 0. The summed E-state index contributed by atoms with van der Waals surface area (Å²) in [5, 5.41) is 2.96. The molecule has 0 aliphatic heterocycles. The smallest absolute Gasteiger partial charge is 0.240 e. The number of hydrogen-bond donors (Lipinski definition) is 2. The van der Waals surface area contributed by atoms with Crippen LogP contribution in [-0.4, -0.2) is 46.5 Å². The van der Waals surface area contributed by atoms with Crippen molar-refractivity contribution < 1.29 is 8.42 Å². The number of hydrogen-bond acceptors (Lipinski definition) is 4. The maximum Gasteiger partial charge on any atom is 0.240 e. The predicted molar refractivity (Wildman–Crippen MR) is 79.0 cm³/mol. The van der Waals surface area contributed by atoms with E-state index in [4.69, 9.17) is 0 Å². The van der Waals surface area contributed by atoms with Crippen LogP contribution in [0.3, 0.4) is 0 Å². The third kappa shape index (κ3) is 4.81. The first-order valence-electron chi connectivity index (χ1n) is 6.53. The molecule has 0 saturated carbocycles. The van der Waals surface area contributed by atoms with Crippen molar-refractivity contribution in [2.45, 2.75) is 18.7 Å². The zero-order valence-corrected chi connectivity index (χ0v) is 12.6. The molecule has 108 valence electrons. The average molecular weight is 285 g/mol. The molecule has 0 radical (unpaired) electrons. The SMILES string of the molecule is CCN(CC)CCNS(=O)(=O)c1ccc(NC)cc1. The zero-order chi connectivity index (χ0) is 14.3. The highest BCUT2D eigenvalue weighted by atomic mass is 32.2. The van der Waals surface area contributed by atoms with Crippen LogP contribution >= 0.6 is 0 Å². The van der Waals surface area contributed by atoms with Crippen LogP contribution in [0.25, 0.3) is 0 Å². The van der Waals surface area contributed by atoms with Crippen LogP contribution in [0.2, 0.25) is 0 Å². The summed E-state index contributed by atoms with van der Waals surface area (Å²) in [6.45, 7) is 7.13. The van der Waals surface area contributed by atoms with E-state index < -0.39 is 10.0 Å². The molecule has 19 heavy (non-hydrogen) atoms. The number of sulfonamides is 1. The van der Waals surface area contributed by atoms with Crippen molar-refractivity contribution in [2.24, 2.45) is 0 Å². The summed E-state index contributed by atoms with van der Waals surface area (Å²) in [6.07, 6.45) is 0. The Bertz CT molecular complexity index is 467. The summed E-state index contributed by atoms with van der Waals surface area (Å²) in [5.74, 6) is 0. The number of rotatable bonds is 8. The third-order valence-electron chi connectivity index (χ3n) is 3.07. The lowest BCUT2D eigenvalue weighted by Crippen LogP contribution is -2.34. The van der Waals surface area contributed by atoms with Crippen LogP contribution in [0.15, 0.2) is 29.2 Å². The van der Waals surface area contributed by atoms with Crippen molar-refractivity contribution in [3.8, 4) is 0 Å². The molecule has 0 aliphatic carbocycles. The first-order valence-corrected chi connectivity index (χ1v) is 8.01. The van der Waals surface area contributed by atoms with Gasteiger partial charge in [0.1, 0.15) is 0 Å². The largest absolute Gasteiger partial charge is 0.388 e. The molecule has 0 fully saturated rings. The van der Waals surface area contributed by atoms with Gasteiger partial charge in [-0.25, -0.2) is 13.1 Å². The van der Waals surface area contributed by atoms with Gasteiger partial charge in [-0.05, 0) is 37.4 Å². The van der Waals surface area contributed by atoms with E-state index in [2.05, 4.69) is 28.8 Å². The molecule has 2 N–H and O–H groups in total. The number of likely N-dealkylation sites (N-methyl/N-ethyl adjacent to an activating group) is 1. The topological polar surface area (TPSA) is 61.4 Å². The van der Waals surface area contributed by atoms with Crippen LogP contribution in [-0.2, 0) is 10.0 Å². The molecule has 0 bridgehead atoms. The lowest BCUT2D eigenvalue weighted by Gasteiger charge is -2.18. The van der Waals surface area contributed by atoms with Crippen LogP contribution in [0.4, 0.5) is 5.69 Å². The Balaban J connectivity index is 2.60. The Morgan fingerprint density at radius 1 is 1.11 bits per heavy atom. The Morgan fingerprint density at radius 2 is 1.68 bits per heavy atom. The highest BCUT2D eigenvalue weighted by Crippen LogP contribution is 2.13. The number of benzene rings is 1. The van der Waals surface area contributed by atoms with Crippen molar-refractivity contribution in [3.63, 3.8) is 0 Å². The summed E-state index contributed by atoms with van der Waals surface area (Å²) in [4.78, 5) is 2.47. The molecule has 0 aliphatic rings. The Morgan fingerprint density at radius 3 is 2.16 bits per heavy atom. The Labute approximate surface area is 116 Å². The maximum atomic E-state index is 12.0. The van der Waals surface area contributed by atoms with Crippen molar-refractivity contribution in [2.75, 3.05) is 38.5 Å². The molecule has 1 aromatic rings. The van der Waals surface area contributed by atoms with E-state index in [-0.39, 0.29) is 0 Å². The molecule has 0 atom stereocenters. The summed E-state index contributed by atoms with van der Waals surface area (Å²) in [6, 6.07) is 6.70. The Kier molecular flexibility index (Phi) is 6.27. The fourth-order valence-corrected chi connectivity index (χ4v) is 2.78. The monoisotopic (exact) mass is 285 g/mol. The fourth-order valence-electron chi connectivity index (χ4n) is 1.76. The second kappa shape index (κ2) is 7.47. The molecule has 0 aromatic heterocycles. The molecule has 0 spiro atoms. The van der Waals surface area contributed by atoms with Gasteiger partial charge in [0.15, 0.2) is 0 Å². The third-order valence-corrected chi connectivity index (χ3v) is 4.54. The van der Waals surface area contributed by atoms with E-state index in [9.17, 15) is 8.42 Å². The van der Waals surface area contributed by atoms with E-state index >= 15 is 0 Å². The van der Waals surface area contributed by atoms with E-state index in [1.54, 1.807) is 31.3 Å². The highest BCUT2D eigenvalue weighted by Gasteiger charge is 2.13. The molecule has 0 heterocycles. The molecule has 0 saturated heterocycles. The van der Waals surface area contributed by atoms with Gasteiger partial charge in [-0.1, -0.05) is 13.8 Å². The van der Waals surface area contributed by atoms with Gasteiger partial charge in [0.2, 0.25) is 10.0 Å². The minimum Gasteiger partial charge on any atom is -0.388 e. The molecular weight excluding hydrogens is 262 g/mol. The van der Waals surface area contributed by atoms with Gasteiger partial charge in [-0.2, -0.15) is 0 Å². The highest BCUT2D eigenvalue weighted by molar-refractivity contribution is 7.89. The van der Waals surface area contributed by atoms with Gasteiger partial charge in [-0.3, -0.25) is 0 Å². The van der Waals surface area contributed by atoms with E-state index in [0.29, 0.717) is 11.4 Å². The van der Waals surface area contributed by atoms with Gasteiger partial charge in [-0.15, -0.1) is 0 Å². The standard InChI is InChI=1S/C13H23N3O2S/c1-4-16(5-2)11-10-15-19(17,18)13-8-6-12(14-3)7-9-13/h6-9,14-15H,4-5,10-11H2,1-3H3. The van der Waals surface area contributed by atoms with Crippen LogP contribution in [0.5, 0.6) is 0 Å². The number of nitrogens with zero attached hydrogens (tertiary/aromatic N) is 1. The lowest BCUT2D eigenvalue weighted by molar-refractivity contribution is 0.309. The first kappa shape index (κ1) is 15.9. The summed E-state index contributed by atoms with van der Waals surface area (Å²) in [5.41, 5.74) is 0.891. The minimum absolute atomic E-state index is 0.297. The molecule has 0 amide bonds. The van der Waals surface area contributed by atoms with Crippen molar-refractivity contribution in [1.29, 1.82) is 0 Å². The molecule has 0 unspecified atom stereocenters. The van der Waals surface area contributed by atoms with E-state index in [1.165, 1.54) is 0 Å². The molecule has 1 aromatic carbocycles. The molecule has 5 nitrogen and oxygen atoms in total. The van der Waals surface area contributed by atoms with Gasteiger partial charge >= 0.3 is 0 Å². The quantitative estimate of drug-likeness (QED) is 0.757. The molecular formula is C13H23N3O2S. The van der Waals surface area contributed by atoms with Crippen molar-refractivity contribution in [1.82, 2.24) is 9.62 Å². The lowest BCUT2D eigenvalue weighted by atomic mass is 10.3. The second-order valence-corrected chi connectivity index (χ2v) is 5.97. The predicted octanol–water partition coefficient (Wildman–Crippen LogP) is 1.35. The number of nitrogens with one attached hydrogen (secondary N) is 2. The molecule has 6 heteroatoms. The minimum atomic E-state index is -3.40. The fraction of sp³-hybridized carbons (Fsp3) is 0.538. The van der Waals surface area contributed by atoms with Crippen LogP contribution < -0.4 is 10.0 Å². The van der Waals surface area contributed by atoms with Crippen molar-refractivity contribution in [3.05, 3.63) is 24.3 Å². The zero-order valence-electron chi connectivity index (χ0n) is 11.8. The van der Waals surface area contributed by atoms with Gasteiger partial charge in [0.05, 0.1) is 4.90 Å². The number of anilines is 1. The van der Waals surface area contributed by atoms with Gasteiger partial charge in [0.25, 0.3) is 0 Å². The first-order chi connectivity index (χ1) is 9.03. The summed E-state index contributed by atoms with van der Waals surface area (Å²) < 4.78 is 26.7. The normalized spacial score (nSPS) is 11.8. The Hall–Kier alpha value is -1.11. The van der Waals surface area contributed by atoms with Crippen molar-refractivity contribution >= 4 is 15.7 Å². The van der Waals surface area contributed by atoms with Crippen LogP contribution in [0.1, 0.15) is 13.8 Å². The van der Waals surface area contributed by atoms with Gasteiger partial charge < -0.3 is 10.2 Å². The van der Waals surface area contributed by atoms with E-state index in [1.807, 2.05) is 0 Å².